The van der Waals surface area contributed by atoms with E-state index in [1.807, 2.05) is 0 Å². The summed E-state index contributed by atoms with van der Waals surface area (Å²) < 4.78 is 0. The molecule has 4 nitrogen and oxygen atoms in total. The molecular formula is C15H26N4. The van der Waals surface area contributed by atoms with Gasteiger partial charge in [-0.25, -0.2) is 9.97 Å². The third-order valence-electron chi connectivity index (χ3n) is 3.66. The number of rotatable bonds is 6. The lowest BCUT2D eigenvalue weighted by Crippen LogP contribution is -2.30. The quantitative estimate of drug-likeness (QED) is 0.856. The Bertz CT molecular complexity index is 359. The standard InChI is InChI=1S/C15H26N4/c1-2-7-14-12-15(18-13-17-14)16-8-11-19-9-5-3-4-6-10-19/h12-13H,2-11H2,1H3,(H,16,17,18). The summed E-state index contributed by atoms with van der Waals surface area (Å²) in [6.07, 6.45) is 9.33. The monoisotopic (exact) mass is 262 g/mol. The van der Waals surface area contributed by atoms with E-state index in [4.69, 9.17) is 0 Å². The van der Waals surface area contributed by atoms with Crippen molar-refractivity contribution >= 4 is 5.82 Å². The van der Waals surface area contributed by atoms with E-state index in [0.717, 1.165) is 37.4 Å². The minimum absolute atomic E-state index is 0.966. The number of anilines is 1. The number of hydrogen-bond donors (Lipinski definition) is 1. The van der Waals surface area contributed by atoms with Crippen molar-refractivity contribution in [3.63, 3.8) is 0 Å². The summed E-state index contributed by atoms with van der Waals surface area (Å²) >= 11 is 0. The minimum Gasteiger partial charge on any atom is -0.369 e. The fourth-order valence-electron chi connectivity index (χ4n) is 2.59. The highest BCUT2D eigenvalue weighted by atomic mass is 15.1. The first-order valence-corrected chi connectivity index (χ1v) is 7.65. The lowest BCUT2D eigenvalue weighted by Gasteiger charge is -2.19. The third kappa shape index (κ3) is 5.15. The van der Waals surface area contributed by atoms with Gasteiger partial charge in [-0.1, -0.05) is 26.2 Å². The van der Waals surface area contributed by atoms with Gasteiger partial charge in [-0.2, -0.15) is 0 Å². The van der Waals surface area contributed by atoms with Crippen LogP contribution in [0.15, 0.2) is 12.4 Å². The molecule has 1 saturated heterocycles. The van der Waals surface area contributed by atoms with Crippen molar-refractivity contribution in [1.29, 1.82) is 0 Å². The SMILES string of the molecule is CCCc1cc(NCCN2CCCCCC2)ncn1. The smallest absolute Gasteiger partial charge is 0.129 e. The Labute approximate surface area is 116 Å². The molecule has 0 saturated carbocycles. The van der Waals surface area contributed by atoms with Crippen LogP contribution < -0.4 is 5.32 Å². The maximum atomic E-state index is 4.28. The Kier molecular flexibility index (Phi) is 6.08. The topological polar surface area (TPSA) is 41.0 Å². The van der Waals surface area contributed by atoms with Gasteiger partial charge in [-0.15, -0.1) is 0 Å². The molecule has 1 aromatic heterocycles. The molecule has 106 valence electrons. The normalized spacial score (nSPS) is 17.1. The van der Waals surface area contributed by atoms with Crippen molar-refractivity contribution in [3.05, 3.63) is 18.1 Å². The molecule has 1 aliphatic heterocycles. The van der Waals surface area contributed by atoms with E-state index < -0.39 is 0 Å². The molecule has 0 radical (unpaired) electrons. The Morgan fingerprint density at radius 2 is 1.95 bits per heavy atom. The van der Waals surface area contributed by atoms with Crippen LogP contribution in [0.1, 0.15) is 44.7 Å². The maximum Gasteiger partial charge on any atom is 0.129 e. The van der Waals surface area contributed by atoms with Crippen molar-refractivity contribution in [2.75, 3.05) is 31.5 Å². The molecule has 19 heavy (non-hydrogen) atoms. The lowest BCUT2D eigenvalue weighted by molar-refractivity contribution is 0.296. The maximum absolute atomic E-state index is 4.28. The average molecular weight is 262 g/mol. The van der Waals surface area contributed by atoms with Crippen LogP contribution >= 0.6 is 0 Å². The summed E-state index contributed by atoms with van der Waals surface area (Å²) in [4.78, 5) is 11.1. The predicted molar refractivity (Wildman–Crippen MR) is 79.4 cm³/mol. The molecule has 1 N–H and O–H groups in total. The van der Waals surface area contributed by atoms with Crippen molar-refractivity contribution < 1.29 is 0 Å². The molecule has 1 aliphatic rings. The molecule has 4 heteroatoms. The van der Waals surface area contributed by atoms with Crippen LogP contribution in [0.25, 0.3) is 0 Å². The molecule has 0 bridgehead atoms. The summed E-state index contributed by atoms with van der Waals surface area (Å²) in [5, 5.41) is 3.42. The largest absolute Gasteiger partial charge is 0.369 e. The van der Waals surface area contributed by atoms with E-state index in [2.05, 4.69) is 33.2 Å². The van der Waals surface area contributed by atoms with Crippen LogP contribution in [0.5, 0.6) is 0 Å². The number of likely N-dealkylation sites (tertiary alicyclic amines) is 1. The van der Waals surface area contributed by atoms with Gasteiger partial charge < -0.3 is 10.2 Å². The van der Waals surface area contributed by atoms with Gasteiger partial charge in [0.25, 0.3) is 0 Å². The summed E-state index contributed by atoms with van der Waals surface area (Å²) in [5.74, 6) is 0.966. The van der Waals surface area contributed by atoms with Crippen LogP contribution in [-0.4, -0.2) is 41.0 Å². The van der Waals surface area contributed by atoms with E-state index in [9.17, 15) is 0 Å². The Hall–Kier alpha value is -1.16. The summed E-state index contributed by atoms with van der Waals surface area (Å²) in [7, 11) is 0. The first-order valence-electron chi connectivity index (χ1n) is 7.65. The van der Waals surface area contributed by atoms with Gasteiger partial charge in [0.1, 0.15) is 12.1 Å². The van der Waals surface area contributed by atoms with E-state index in [1.54, 1.807) is 6.33 Å². The Morgan fingerprint density at radius 3 is 2.68 bits per heavy atom. The molecule has 0 amide bonds. The predicted octanol–water partition coefficient (Wildman–Crippen LogP) is 2.72. The number of nitrogens with zero attached hydrogens (tertiary/aromatic N) is 3. The van der Waals surface area contributed by atoms with Crippen LogP contribution in [0.4, 0.5) is 5.82 Å². The molecule has 0 spiro atoms. The zero-order chi connectivity index (χ0) is 13.3. The van der Waals surface area contributed by atoms with Crippen molar-refractivity contribution in [2.24, 2.45) is 0 Å². The number of hydrogen-bond acceptors (Lipinski definition) is 4. The highest BCUT2D eigenvalue weighted by Gasteiger charge is 2.08. The average Bonchev–Trinajstić information content (AvgIpc) is 2.68. The van der Waals surface area contributed by atoms with Gasteiger partial charge in [-0.05, 0) is 32.4 Å². The molecule has 0 atom stereocenters. The highest BCUT2D eigenvalue weighted by molar-refractivity contribution is 5.34. The molecular weight excluding hydrogens is 236 g/mol. The van der Waals surface area contributed by atoms with Crippen LogP contribution in [0.3, 0.4) is 0 Å². The molecule has 1 fully saturated rings. The van der Waals surface area contributed by atoms with Gasteiger partial charge >= 0.3 is 0 Å². The number of aryl methyl sites for hydroxylation is 1. The summed E-state index contributed by atoms with van der Waals surface area (Å²) in [6.45, 7) is 6.78. The molecule has 1 aromatic rings. The minimum atomic E-state index is 0.966. The van der Waals surface area contributed by atoms with Crippen LogP contribution in [-0.2, 0) is 6.42 Å². The van der Waals surface area contributed by atoms with E-state index in [0.29, 0.717) is 0 Å². The first-order chi connectivity index (χ1) is 9.38. The fourth-order valence-corrected chi connectivity index (χ4v) is 2.59. The summed E-state index contributed by atoms with van der Waals surface area (Å²) in [6, 6.07) is 2.08. The second-order valence-electron chi connectivity index (χ2n) is 5.33. The molecule has 0 aliphatic carbocycles. The fraction of sp³-hybridized carbons (Fsp3) is 0.733. The van der Waals surface area contributed by atoms with Crippen molar-refractivity contribution in [3.8, 4) is 0 Å². The van der Waals surface area contributed by atoms with Gasteiger partial charge in [0, 0.05) is 24.8 Å². The van der Waals surface area contributed by atoms with Gasteiger partial charge in [-0.3, -0.25) is 0 Å². The third-order valence-corrected chi connectivity index (χ3v) is 3.66. The van der Waals surface area contributed by atoms with Crippen molar-refractivity contribution in [1.82, 2.24) is 14.9 Å². The second-order valence-corrected chi connectivity index (χ2v) is 5.33. The van der Waals surface area contributed by atoms with Crippen LogP contribution in [0.2, 0.25) is 0 Å². The van der Waals surface area contributed by atoms with E-state index in [1.165, 1.54) is 38.8 Å². The lowest BCUT2D eigenvalue weighted by atomic mass is 10.2. The van der Waals surface area contributed by atoms with Crippen LogP contribution in [0, 0.1) is 0 Å². The second kappa shape index (κ2) is 8.10. The van der Waals surface area contributed by atoms with Crippen molar-refractivity contribution in [2.45, 2.75) is 45.4 Å². The van der Waals surface area contributed by atoms with Gasteiger partial charge in [0.05, 0.1) is 0 Å². The number of aromatic nitrogens is 2. The molecule has 0 unspecified atom stereocenters. The first kappa shape index (κ1) is 14.3. The molecule has 2 rings (SSSR count). The van der Waals surface area contributed by atoms with E-state index >= 15 is 0 Å². The van der Waals surface area contributed by atoms with E-state index in [-0.39, 0.29) is 0 Å². The van der Waals surface area contributed by atoms with Gasteiger partial charge in [0.15, 0.2) is 0 Å². The number of nitrogens with one attached hydrogen (secondary N) is 1. The molecule has 0 aromatic carbocycles. The Morgan fingerprint density at radius 1 is 1.16 bits per heavy atom. The van der Waals surface area contributed by atoms with Gasteiger partial charge in [0.2, 0.25) is 0 Å². The molecule has 2 heterocycles. The zero-order valence-corrected chi connectivity index (χ0v) is 12.1. The zero-order valence-electron chi connectivity index (χ0n) is 12.1. The highest BCUT2D eigenvalue weighted by Crippen LogP contribution is 2.09. The Balaban J connectivity index is 1.73. The summed E-state index contributed by atoms with van der Waals surface area (Å²) in [5.41, 5.74) is 1.13.